The molecule has 5 nitrogen and oxygen atoms in total. The number of hydrogen-bond acceptors (Lipinski definition) is 5. The third-order valence-electron chi connectivity index (χ3n) is 3.90. The van der Waals surface area contributed by atoms with E-state index >= 15 is 0 Å². The summed E-state index contributed by atoms with van der Waals surface area (Å²) < 4.78 is 10.2. The van der Waals surface area contributed by atoms with Crippen LogP contribution in [-0.2, 0) is 14.3 Å². The molecule has 1 aliphatic carbocycles. The maximum atomic E-state index is 11.8. The molecule has 0 spiro atoms. The zero-order valence-corrected chi connectivity index (χ0v) is 13.2. The molecule has 0 aromatic heterocycles. The first-order chi connectivity index (χ1) is 9.67. The van der Waals surface area contributed by atoms with E-state index < -0.39 is 0 Å². The molecular weight excluding hydrogens is 256 g/mol. The van der Waals surface area contributed by atoms with Crippen LogP contribution in [0.25, 0.3) is 0 Å². The van der Waals surface area contributed by atoms with E-state index in [1.54, 1.807) is 7.11 Å². The van der Waals surface area contributed by atoms with E-state index in [9.17, 15) is 4.79 Å². The average molecular weight is 286 g/mol. The Morgan fingerprint density at radius 2 is 2.15 bits per heavy atom. The van der Waals surface area contributed by atoms with Gasteiger partial charge in [0.05, 0.1) is 19.1 Å². The lowest BCUT2D eigenvalue weighted by atomic mass is 9.86. The Labute approximate surface area is 123 Å². The number of likely N-dealkylation sites (N-methyl/N-ethyl adjacent to an activating group) is 1. The van der Waals surface area contributed by atoms with Crippen LogP contribution in [0, 0.1) is 5.92 Å². The van der Waals surface area contributed by atoms with Gasteiger partial charge in [0, 0.05) is 32.8 Å². The first kappa shape index (κ1) is 17.4. The lowest BCUT2D eigenvalue weighted by molar-refractivity contribution is -0.149. The summed E-state index contributed by atoms with van der Waals surface area (Å²) in [7, 11) is 3.83. The summed E-state index contributed by atoms with van der Waals surface area (Å²) in [6, 6.07) is 0.453. The van der Waals surface area contributed by atoms with Crippen molar-refractivity contribution >= 4 is 5.97 Å². The van der Waals surface area contributed by atoms with E-state index in [-0.39, 0.29) is 11.9 Å². The second kappa shape index (κ2) is 10.1. The smallest absolute Gasteiger partial charge is 0.308 e. The lowest BCUT2D eigenvalue weighted by Gasteiger charge is -2.29. The van der Waals surface area contributed by atoms with Crippen molar-refractivity contribution in [3.63, 3.8) is 0 Å². The normalized spacial score (nSPS) is 23.0. The van der Waals surface area contributed by atoms with E-state index in [1.807, 2.05) is 6.92 Å². The molecule has 1 saturated carbocycles. The fourth-order valence-corrected chi connectivity index (χ4v) is 2.67. The van der Waals surface area contributed by atoms with Crippen molar-refractivity contribution in [3.8, 4) is 0 Å². The summed E-state index contributed by atoms with van der Waals surface area (Å²) in [6.07, 6.45) is 4.17. The van der Waals surface area contributed by atoms with Crippen LogP contribution in [0.2, 0.25) is 0 Å². The van der Waals surface area contributed by atoms with Gasteiger partial charge in [0.15, 0.2) is 0 Å². The van der Waals surface area contributed by atoms with Crippen molar-refractivity contribution in [2.75, 3.05) is 47.0 Å². The molecule has 1 fully saturated rings. The number of nitrogens with zero attached hydrogens (tertiary/aromatic N) is 1. The molecule has 118 valence electrons. The fraction of sp³-hybridized carbons (Fsp3) is 0.933. The molecule has 1 aliphatic rings. The van der Waals surface area contributed by atoms with Crippen LogP contribution in [0.5, 0.6) is 0 Å². The molecule has 0 radical (unpaired) electrons. The first-order valence-corrected chi connectivity index (χ1v) is 7.74. The van der Waals surface area contributed by atoms with E-state index in [4.69, 9.17) is 9.47 Å². The summed E-state index contributed by atoms with van der Waals surface area (Å²) in [5.41, 5.74) is 0. The quantitative estimate of drug-likeness (QED) is 0.647. The van der Waals surface area contributed by atoms with Crippen LogP contribution < -0.4 is 5.32 Å². The Kier molecular flexibility index (Phi) is 8.82. The summed E-state index contributed by atoms with van der Waals surface area (Å²) >= 11 is 0. The number of methoxy groups -OCH3 is 1. The molecule has 0 aromatic carbocycles. The molecule has 0 aromatic rings. The van der Waals surface area contributed by atoms with Crippen molar-refractivity contribution < 1.29 is 14.3 Å². The number of nitrogens with one attached hydrogen (secondary N) is 1. The topological polar surface area (TPSA) is 50.8 Å². The van der Waals surface area contributed by atoms with Crippen molar-refractivity contribution in [2.45, 2.75) is 38.6 Å². The van der Waals surface area contributed by atoms with Crippen LogP contribution >= 0.6 is 0 Å². The number of hydrogen-bond donors (Lipinski definition) is 1. The van der Waals surface area contributed by atoms with Crippen LogP contribution in [0.3, 0.4) is 0 Å². The Morgan fingerprint density at radius 3 is 2.85 bits per heavy atom. The predicted octanol–water partition coefficient (Wildman–Crippen LogP) is 1.28. The number of carbonyl (C=O) groups excluding carboxylic acids is 1. The van der Waals surface area contributed by atoms with Gasteiger partial charge in [-0.2, -0.15) is 0 Å². The van der Waals surface area contributed by atoms with Crippen LogP contribution in [-0.4, -0.2) is 63.9 Å². The summed E-state index contributed by atoms with van der Waals surface area (Å²) in [5.74, 6) is 0.0728. The van der Waals surface area contributed by atoms with Gasteiger partial charge in [-0.3, -0.25) is 4.79 Å². The summed E-state index contributed by atoms with van der Waals surface area (Å²) in [5, 5.41) is 3.57. The molecule has 0 aliphatic heterocycles. The molecule has 20 heavy (non-hydrogen) atoms. The van der Waals surface area contributed by atoms with Gasteiger partial charge in [0.2, 0.25) is 0 Å². The number of ether oxygens (including phenoxy) is 2. The van der Waals surface area contributed by atoms with E-state index in [0.29, 0.717) is 12.6 Å². The van der Waals surface area contributed by atoms with Gasteiger partial charge >= 0.3 is 5.97 Å². The van der Waals surface area contributed by atoms with Crippen molar-refractivity contribution in [2.24, 2.45) is 5.92 Å². The molecule has 0 amide bonds. The molecule has 0 bridgehead atoms. The van der Waals surface area contributed by atoms with Crippen LogP contribution in [0.15, 0.2) is 0 Å². The van der Waals surface area contributed by atoms with Gasteiger partial charge in [-0.1, -0.05) is 6.42 Å². The minimum Gasteiger partial charge on any atom is -0.466 e. The maximum absolute atomic E-state index is 11.8. The first-order valence-electron chi connectivity index (χ1n) is 7.74. The van der Waals surface area contributed by atoms with E-state index in [1.165, 1.54) is 0 Å². The Balaban J connectivity index is 2.18. The second-order valence-electron chi connectivity index (χ2n) is 5.56. The zero-order chi connectivity index (χ0) is 14.8. The minimum atomic E-state index is -0.0174. The van der Waals surface area contributed by atoms with Gasteiger partial charge in [0.25, 0.3) is 0 Å². The van der Waals surface area contributed by atoms with Gasteiger partial charge < -0.3 is 19.7 Å². The number of carbonyl (C=O) groups is 1. The number of esters is 1. The molecule has 1 rings (SSSR count). The second-order valence-corrected chi connectivity index (χ2v) is 5.56. The Bertz CT molecular complexity index is 274. The van der Waals surface area contributed by atoms with Crippen molar-refractivity contribution in [1.82, 2.24) is 10.2 Å². The van der Waals surface area contributed by atoms with E-state index in [2.05, 4.69) is 17.3 Å². The highest BCUT2D eigenvalue weighted by Crippen LogP contribution is 2.25. The predicted molar refractivity (Wildman–Crippen MR) is 79.8 cm³/mol. The highest BCUT2D eigenvalue weighted by atomic mass is 16.5. The highest BCUT2D eigenvalue weighted by Gasteiger charge is 2.27. The van der Waals surface area contributed by atoms with Crippen LogP contribution in [0.1, 0.15) is 32.6 Å². The molecular formula is C15H30N2O3. The Morgan fingerprint density at radius 1 is 1.35 bits per heavy atom. The molecule has 0 heterocycles. The highest BCUT2D eigenvalue weighted by molar-refractivity contribution is 5.72. The van der Waals surface area contributed by atoms with E-state index in [0.717, 1.165) is 51.9 Å². The fourth-order valence-electron chi connectivity index (χ4n) is 2.67. The van der Waals surface area contributed by atoms with Crippen molar-refractivity contribution in [3.05, 3.63) is 0 Å². The minimum absolute atomic E-state index is 0.0174. The standard InChI is InChI=1S/C15H30N2O3/c1-4-20-15(18)13-6-5-7-14(12-13)16-8-9-17(2)10-11-19-3/h13-14,16H,4-12H2,1-3H3. The zero-order valence-electron chi connectivity index (χ0n) is 13.2. The summed E-state index contributed by atoms with van der Waals surface area (Å²) in [4.78, 5) is 14.0. The van der Waals surface area contributed by atoms with Gasteiger partial charge in [0.1, 0.15) is 0 Å². The van der Waals surface area contributed by atoms with Gasteiger partial charge in [-0.05, 0) is 33.2 Å². The van der Waals surface area contributed by atoms with Gasteiger partial charge in [-0.15, -0.1) is 0 Å². The molecule has 2 unspecified atom stereocenters. The molecule has 5 heteroatoms. The number of rotatable bonds is 9. The van der Waals surface area contributed by atoms with Crippen molar-refractivity contribution in [1.29, 1.82) is 0 Å². The van der Waals surface area contributed by atoms with Gasteiger partial charge in [-0.25, -0.2) is 0 Å². The SMILES string of the molecule is CCOC(=O)C1CCCC(NCCN(C)CCOC)C1. The van der Waals surface area contributed by atoms with Crippen LogP contribution in [0.4, 0.5) is 0 Å². The molecule has 0 saturated heterocycles. The maximum Gasteiger partial charge on any atom is 0.308 e. The largest absolute Gasteiger partial charge is 0.466 e. The average Bonchev–Trinajstić information content (AvgIpc) is 2.45. The third kappa shape index (κ3) is 6.68. The third-order valence-corrected chi connectivity index (χ3v) is 3.90. The lowest BCUT2D eigenvalue weighted by Crippen LogP contribution is -2.40. The summed E-state index contributed by atoms with van der Waals surface area (Å²) in [6.45, 7) is 6.04. The molecule has 1 N–H and O–H groups in total. The Hall–Kier alpha value is -0.650. The monoisotopic (exact) mass is 286 g/mol. The molecule has 2 atom stereocenters.